The van der Waals surface area contributed by atoms with Gasteiger partial charge in [-0.25, -0.2) is 0 Å². The van der Waals surface area contributed by atoms with Gasteiger partial charge < -0.3 is 5.11 Å². The maximum absolute atomic E-state index is 9.57. The highest BCUT2D eigenvalue weighted by atomic mass is 16.3. The number of benzene rings is 1. The second-order valence-electron chi connectivity index (χ2n) is 3.63. The maximum Gasteiger partial charge on any atom is 0.0580 e. The molecule has 0 heterocycles. The molecule has 72 valence electrons. The molecule has 0 saturated heterocycles. The SMILES string of the molecule is CCC[C@H](O)Cc1ccc(C)cc1. The quantitative estimate of drug-likeness (QED) is 0.751. The average molecular weight is 178 g/mol. The van der Waals surface area contributed by atoms with Crippen molar-refractivity contribution in [3.05, 3.63) is 35.4 Å². The van der Waals surface area contributed by atoms with Gasteiger partial charge in [0.1, 0.15) is 0 Å². The monoisotopic (exact) mass is 178 g/mol. The van der Waals surface area contributed by atoms with Gasteiger partial charge in [-0.2, -0.15) is 0 Å². The van der Waals surface area contributed by atoms with Gasteiger partial charge in [-0.05, 0) is 25.3 Å². The van der Waals surface area contributed by atoms with Crippen molar-refractivity contribution in [2.45, 2.75) is 39.2 Å². The van der Waals surface area contributed by atoms with Crippen LogP contribution in [-0.2, 0) is 6.42 Å². The van der Waals surface area contributed by atoms with Gasteiger partial charge in [-0.1, -0.05) is 43.2 Å². The predicted molar refractivity (Wildman–Crippen MR) is 55.8 cm³/mol. The molecule has 0 aliphatic heterocycles. The van der Waals surface area contributed by atoms with Crippen molar-refractivity contribution >= 4 is 0 Å². The normalized spacial score (nSPS) is 12.8. The fraction of sp³-hybridized carbons (Fsp3) is 0.500. The van der Waals surface area contributed by atoms with E-state index in [1.54, 1.807) is 0 Å². The van der Waals surface area contributed by atoms with Gasteiger partial charge in [-0.15, -0.1) is 0 Å². The highest BCUT2D eigenvalue weighted by Crippen LogP contribution is 2.08. The summed E-state index contributed by atoms with van der Waals surface area (Å²) in [6, 6.07) is 8.37. The Morgan fingerprint density at radius 2 is 1.85 bits per heavy atom. The van der Waals surface area contributed by atoms with E-state index in [0.717, 1.165) is 19.3 Å². The molecule has 1 aromatic carbocycles. The number of rotatable bonds is 4. The smallest absolute Gasteiger partial charge is 0.0580 e. The summed E-state index contributed by atoms with van der Waals surface area (Å²) in [5, 5.41) is 9.57. The minimum absolute atomic E-state index is 0.173. The number of aryl methyl sites for hydroxylation is 1. The summed E-state index contributed by atoms with van der Waals surface area (Å²) < 4.78 is 0. The third-order valence-corrected chi connectivity index (χ3v) is 2.21. The fourth-order valence-electron chi connectivity index (χ4n) is 1.43. The first-order valence-corrected chi connectivity index (χ1v) is 4.96. The van der Waals surface area contributed by atoms with Gasteiger partial charge in [-0.3, -0.25) is 0 Å². The molecular formula is C12H18O. The second kappa shape index (κ2) is 5.03. The summed E-state index contributed by atoms with van der Waals surface area (Å²) in [6.07, 6.45) is 2.56. The Labute approximate surface area is 80.4 Å². The Kier molecular flexibility index (Phi) is 3.97. The van der Waals surface area contributed by atoms with Crippen molar-refractivity contribution in [3.8, 4) is 0 Å². The third kappa shape index (κ3) is 3.60. The molecule has 0 amide bonds. The van der Waals surface area contributed by atoms with Gasteiger partial charge in [0.15, 0.2) is 0 Å². The molecule has 1 aromatic rings. The molecule has 1 rings (SSSR count). The first-order valence-electron chi connectivity index (χ1n) is 4.96. The summed E-state index contributed by atoms with van der Waals surface area (Å²) in [5.74, 6) is 0. The first kappa shape index (κ1) is 10.3. The summed E-state index contributed by atoms with van der Waals surface area (Å²) in [6.45, 7) is 4.17. The van der Waals surface area contributed by atoms with Crippen molar-refractivity contribution in [3.63, 3.8) is 0 Å². The lowest BCUT2D eigenvalue weighted by atomic mass is 10.0. The van der Waals surface area contributed by atoms with Crippen LogP contribution in [0.15, 0.2) is 24.3 Å². The molecule has 0 spiro atoms. The topological polar surface area (TPSA) is 20.2 Å². The minimum Gasteiger partial charge on any atom is -0.393 e. The van der Waals surface area contributed by atoms with Crippen LogP contribution in [0.4, 0.5) is 0 Å². The van der Waals surface area contributed by atoms with E-state index in [4.69, 9.17) is 0 Å². The molecule has 0 bridgehead atoms. The van der Waals surface area contributed by atoms with E-state index < -0.39 is 0 Å². The van der Waals surface area contributed by atoms with Gasteiger partial charge in [0.05, 0.1) is 6.10 Å². The van der Waals surface area contributed by atoms with E-state index in [1.807, 2.05) is 0 Å². The molecule has 0 saturated carbocycles. The van der Waals surface area contributed by atoms with E-state index in [-0.39, 0.29) is 6.10 Å². The molecule has 1 N–H and O–H groups in total. The van der Waals surface area contributed by atoms with Crippen LogP contribution in [0.2, 0.25) is 0 Å². The molecule has 1 heteroatoms. The van der Waals surface area contributed by atoms with Crippen LogP contribution >= 0.6 is 0 Å². The van der Waals surface area contributed by atoms with Crippen molar-refractivity contribution in [2.75, 3.05) is 0 Å². The molecular weight excluding hydrogens is 160 g/mol. The van der Waals surface area contributed by atoms with E-state index in [9.17, 15) is 5.11 Å². The number of hydrogen-bond acceptors (Lipinski definition) is 1. The maximum atomic E-state index is 9.57. The van der Waals surface area contributed by atoms with Gasteiger partial charge in [0.25, 0.3) is 0 Å². The van der Waals surface area contributed by atoms with E-state index >= 15 is 0 Å². The van der Waals surface area contributed by atoms with Crippen molar-refractivity contribution in [2.24, 2.45) is 0 Å². The highest BCUT2D eigenvalue weighted by Gasteiger charge is 2.03. The molecule has 1 atom stereocenters. The Balaban J connectivity index is 2.49. The first-order chi connectivity index (χ1) is 6.22. The third-order valence-electron chi connectivity index (χ3n) is 2.21. The summed E-state index contributed by atoms with van der Waals surface area (Å²) in [5.41, 5.74) is 2.50. The summed E-state index contributed by atoms with van der Waals surface area (Å²) in [7, 11) is 0. The molecule has 13 heavy (non-hydrogen) atoms. The lowest BCUT2D eigenvalue weighted by molar-refractivity contribution is 0.164. The second-order valence-corrected chi connectivity index (χ2v) is 3.63. The molecule has 1 nitrogen and oxygen atoms in total. The summed E-state index contributed by atoms with van der Waals surface area (Å²) >= 11 is 0. The van der Waals surface area contributed by atoms with Gasteiger partial charge >= 0.3 is 0 Å². The lowest BCUT2D eigenvalue weighted by Gasteiger charge is -2.08. The minimum atomic E-state index is -0.173. The standard InChI is InChI=1S/C12H18O/c1-3-4-12(13)9-11-7-5-10(2)6-8-11/h5-8,12-13H,3-4,9H2,1-2H3/t12-/m0/s1. The van der Waals surface area contributed by atoms with E-state index in [2.05, 4.69) is 38.1 Å². The zero-order valence-corrected chi connectivity index (χ0v) is 8.46. The Morgan fingerprint density at radius 1 is 1.23 bits per heavy atom. The van der Waals surface area contributed by atoms with Crippen molar-refractivity contribution in [1.29, 1.82) is 0 Å². The van der Waals surface area contributed by atoms with Crippen molar-refractivity contribution < 1.29 is 5.11 Å². The molecule has 0 unspecified atom stereocenters. The van der Waals surface area contributed by atoms with Crippen LogP contribution in [-0.4, -0.2) is 11.2 Å². The molecule has 0 aliphatic rings. The van der Waals surface area contributed by atoms with Crippen LogP contribution in [0, 0.1) is 6.92 Å². The van der Waals surface area contributed by atoms with Crippen LogP contribution in [0.5, 0.6) is 0 Å². The molecule has 0 radical (unpaired) electrons. The van der Waals surface area contributed by atoms with Gasteiger partial charge in [0.2, 0.25) is 0 Å². The molecule has 0 aliphatic carbocycles. The largest absolute Gasteiger partial charge is 0.393 e. The van der Waals surface area contributed by atoms with Crippen LogP contribution in [0.1, 0.15) is 30.9 Å². The van der Waals surface area contributed by atoms with Crippen LogP contribution < -0.4 is 0 Å². The lowest BCUT2D eigenvalue weighted by Crippen LogP contribution is -2.09. The van der Waals surface area contributed by atoms with Crippen LogP contribution in [0.25, 0.3) is 0 Å². The molecule has 0 aromatic heterocycles. The molecule has 0 fully saturated rings. The van der Waals surface area contributed by atoms with Gasteiger partial charge in [0, 0.05) is 0 Å². The number of aliphatic hydroxyl groups excluding tert-OH is 1. The zero-order chi connectivity index (χ0) is 9.68. The average Bonchev–Trinajstić information content (AvgIpc) is 2.09. The van der Waals surface area contributed by atoms with E-state index in [1.165, 1.54) is 11.1 Å². The Hall–Kier alpha value is -0.820. The Bertz CT molecular complexity index is 238. The van der Waals surface area contributed by atoms with Crippen LogP contribution in [0.3, 0.4) is 0 Å². The van der Waals surface area contributed by atoms with Crippen molar-refractivity contribution in [1.82, 2.24) is 0 Å². The fourth-order valence-corrected chi connectivity index (χ4v) is 1.43. The number of hydrogen-bond donors (Lipinski definition) is 1. The Morgan fingerprint density at radius 3 is 2.38 bits per heavy atom. The highest BCUT2D eigenvalue weighted by molar-refractivity contribution is 5.21. The zero-order valence-electron chi connectivity index (χ0n) is 8.46. The number of aliphatic hydroxyl groups is 1. The van der Waals surface area contributed by atoms with E-state index in [0.29, 0.717) is 0 Å². The predicted octanol–water partition coefficient (Wildman–Crippen LogP) is 2.70. The summed E-state index contributed by atoms with van der Waals surface area (Å²) in [4.78, 5) is 0.